The van der Waals surface area contributed by atoms with Gasteiger partial charge in [0.1, 0.15) is 0 Å². The average molecular weight is 352 g/mol. The molecule has 3 rings (SSSR count). The van der Waals surface area contributed by atoms with E-state index in [4.69, 9.17) is 23.2 Å². The SMILES string of the molecule is Cc1ccc(C(=O)CSc2nnc3c(Cl)cc(Cl)cn23)cc1. The number of Topliss-reactive ketones (excluding diaryl/α,β-unsaturated/α-hetero) is 1. The van der Waals surface area contributed by atoms with Gasteiger partial charge in [-0.2, -0.15) is 0 Å². The number of pyridine rings is 1. The number of nitrogens with zero attached hydrogens (tertiary/aromatic N) is 3. The Balaban J connectivity index is 1.79. The molecule has 0 radical (unpaired) electrons. The highest BCUT2D eigenvalue weighted by atomic mass is 35.5. The quantitative estimate of drug-likeness (QED) is 0.518. The van der Waals surface area contributed by atoms with Gasteiger partial charge in [-0.3, -0.25) is 9.20 Å². The Kier molecular flexibility index (Phi) is 4.38. The molecule has 1 aromatic carbocycles. The second kappa shape index (κ2) is 6.28. The molecule has 2 heterocycles. The number of thioether (sulfide) groups is 1. The maximum absolute atomic E-state index is 12.2. The minimum atomic E-state index is 0.0369. The van der Waals surface area contributed by atoms with Gasteiger partial charge in [0.2, 0.25) is 0 Å². The molecular weight excluding hydrogens is 341 g/mol. The summed E-state index contributed by atoms with van der Waals surface area (Å²) in [6.07, 6.45) is 1.68. The molecule has 0 spiro atoms. The molecule has 22 heavy (non-hydrogen) atoms. The van der Waals surface area contributed by atoms with E-state index in [-0.39, 0.29) is 11.5 Å². The van der Waals surface area contributed by atoms with Gasteiger partial charge < -0.3 is 0 Å². The van der Waals surface area contributed by atoms with Crippen molar-refractivity contribution in [3.8, 4) is 0 Å². The third-order valence-electron chi connectivity index (χ3n) is 3.10. The lowest BCUT2D eigenvalue weighted by molar-refractivity contribution is 0.102. The van der Waals surface area contributed by atoms with E-state index in [1.807, 2.05) is 31.2 Å². The van der Waals surface area contributed by atoms with E-state index in [2.05, 4.69) is 10.2 Å². The van der Waals surface area contributed by atoms with Crippen molar-refractivity contribution in [1.29, 1.82) is 0 Å². The third kappa shape index (κ3) is 3.11. The predicted molar refractivity (Wildman–Crippen MR) is 89.2 cm³/mol. The number of aromatic nitrogens is 3. The molecule has 0 saturated heterocycles. The van der Waals surface area contributed by atoms with Crippen LogP contribution in [0, 0.1) is 6.92 Å². The van der Waals surface area contributed by atoms with Crippen LogP contribution in [-0.4, -0.2) is 26.1 Å². The van der Waals surface area contributed by atoms with Crippen molar-refractivity contribution < 1.29 is 4.79 Å². The van der Waals surface area contributed by atoms with Crippen molar-refractivity contribution in [2.75, 3.05) is 5.75 Å². The first-order chi connectivity index (χ1) is 10.5. The molecule has 0 bridgehead atoms. The smallest absolute Gasteiger partial charge is 0.196 e. The maximum Gasteiger partial charge on any atom is 0.196 e. The first-order valence-electron chi connectivity index (χ1n) is 6.47. The summed E-state index contributed by atoms with van der Waals surface area (Å²) in [5.41, 5.74) is 2.33. The van der Waals surface area contributed by atoms with Crippen molar-refractivity contribution in [3.05, 3.63) is 57.7 Å². The monoisotopic (exact) mass is 351 g/mol. The van der Waals surface area contributed by atoms with Crippen LogP contribution in [0.5, 0.6) is 0 Å². The zero-order chi connectivity index (χ0) is 15.7. The van der Waals surface area contributed by atoms with Gasteiger partial charge in [0.25, 0.3) is 0 Å². The lowest BCUT2D eigenvalue weighted by Crippen LogP contribution is -2.03. The first-order valence-corrected chi connectivity index (χ1v) is 8.21. The summed E-state index contributed by atoms with van der Waals surface area (Å²) in [5, 5.41) is 9.57. The van der Waals surface area contributed by atoms with Crippen LogP contribution < -0.4 is 0 Å². The molecule has 0 N–H and O–H groups in total. The van der Waals surface area contributed by atoms with Crippen molar-refractivity contribution in [3.63, 3.8) is 0 Å². The number of carbonyl (C=O) groups excluding carboxylic acids is 1. The summed E-state index contributed by atoms with van der Waals surface area (Å²) in [7, 11) is 0. The van der Waals surface area contributed by atoms with Crippen LogP contribution >= 0.6 is 35.0 Å². The zero-order valence-corrected chi connectivity index (χ0v) is 13.9. The van der Waals surface area contributed by atoms with Gasteiger partial charge in [-0.1, -0.05) is 64.8 Å². The molecule has 0 aliphatic rings. The fourth-order valence-electron chi connectivity index (χ4n) is 1.95. The van der Waals surface area contributed by atoms with Crippen LogP contribution in [0.25, 0.3) is 5.65 Å². The minimum absolute atomic E-state index is 0.0369. The lowest BCUT2D eigenvalue weighted by Gasteiger charge is -2.02. The van der Waals surface area contributed by atoms with Crippen LogP contribution in [0.2, 0.25) is 10.0 Å². The number of benzene rings is 1. The topological polar surface area (TPSA) is 47.3 Å². The van der Waals surface area contributed by atoms with Crippen molar-refractivity contribution in [1.82, 2.24) is 14.6 Å². The highest BCUT2D eigenvalue weighted by Gasteiger charge is 2.13. The molecule has 3 aromatic rings. The number of rotatable bonds is 4. The van der Waals surface area contributed by atoms with E-state index in [0.29, 0.717) is 26.4 Å². The summed E-state index contributed by atoms with van der Waals surface area (Å²) >= 11 is 13.4. The summed E-state index contributed by atoms with van der Waals surface area (Å²) in [5.74, 6) is 0.309. The molecule has 112 valence electrons. The molecule has 0 amide bonds. The van der Waals surface area contributed by atoms with Crippen molar-refractivity contribution >= 4 is 46.4 Å². The van der Waals surface area contributed by atoms with E-state index >= 15 is 0 Å². The Morgan fingerprint density at radius 3 is 2.68 bits per heavy atom. The van der Waals surface area contributed by atoms with Crippen LogP contribution in [0.4, 0.5) is 0 Å². The summed E-state index contributed by atoms with van der Waals surface area (Å²) in [6.45, 7) is 1.98. The van der Waals surface area contributed by atoms with E-state index < -0.39 is 0 Å². The standard InChI is InChI=1S/C15H11Cl2N3OS/c1-9-2-4-10(5-3-9)13(21)8-22-15-19-18-14-12(17)6-11(16)7-20(14)15/h2-7H,8H2,1H3. The summed E-state index contributed by atoms with van der Waals surface area (Å²) < 4.78 is 1.69. The Hall–Kier alpha value is -1.56. The molecule has 0 aliphatic heterocycles. The number of hydrogen-bond acceptors (Lipinski definition) is 4. The number of hydrogen-bond donors (Lipinski definition) is 0. The van der Waals surface area contributed by atoms with E-state index in [1.54, 1.807) is 16.7 Å². The summed E-state index contributed by atoms with van der Waals surface area (Å²) in [6, 6.07) is 9.11. The Labute approximate surface area is 141 Å². The molecule has 0 saturated carbocycles. The number of halogens is 2. The van der Waals surface area contributed by atoms with Gasteiger partial charge in [0, 0.05) is 11.8 Å². The highest BCUT2D eigenvalue weighted by molar-refractivity contribution is 7.99. The van der Waals surface area contributed by atoms with Gasteiger partial charge in [0.15, 0.2) is 16.6 Å². The first kappa shape index (κ1) is 15.3. The van der Waals surface area contributed by atoms with E-state index in [1.165, 1.54) is 11.8 Å². The molecule has 0 fully saturated rings. The van der Waals surface area contributed by atoms with Crippen molar-refractivity contribution in [2.24, 2.45) is 0 Å². The molecule has 0 unspecified atom stereocenters. The second-order valence-corrected chi connectivity index (χ2v) is 6.55. The van der Waals surface area contributed by atoms with Crippen LogP contribution in [0.3, 0.4) is 0 Å². The van der Waals surface area contributed by atoms with Crippen molar-refractivity contribution in [2.45, 2.75) is 12.1 Å². The summed E-state index contributed by atoms with van der Waals surface area (Å²) in [4.78, 5) is 12.2. The van der Waals surface area contributed by atoms with E-state index in [9.17, 15) is 4.79 Å². The minimum Gasteiger partial charge on any atom is -0.293 e. The molecular formula is C15H11Cl2N3OS. The highest BCUT2D eigenvalue weighted by Crippen LogP contribution is 2.25. The predicted octanol–water partition coefficient (Wildman–Crippen LogP) is 4.32. The van der Waals surface area contributed by atoms with E-state index in [0.717, 1.165) is 5.56 Å². The molecule has 4 nitrogen and oxygen atoms in total. The normalized spacial score (nSPS) is 11.0. The fourth-order valence-corrected chi connectivity index (χ4v) is 3.27. The lowest BCUT2D eigenvalue weighted by atomic mass is 10.1. The Bertz CT molecular complexity index is 846. The zero-order valence-electron chi connectivity index (χ0n) is 11.6. The maximum atomic E-state index is 12.2. The number of ketones is 1. The largest absolute Gasteiger partial charge is 0.293 e. The number of fused-ring (bicyclic) bond motifs is 1. The fraction of sp³-hybridized carbons (Fsp3) is 0.133. The number of aryl methyl sites for hydroxylation is 1. The van der Waals surface area contributed by atoms with Crippen LogP contribution in [0.15, 0.2) is 41.7 Å². The molecule has 0 aliphatic carbocycles. The molecule has 2 aromatic heterocycles. The van der Waals surface area contributed by atoms with Crippen LogP contribution in [-0.2, 0) is 0 Å². The Morgan fingerprint density at radius 1 is 1.23 bits per heavy atom. The molecule has 0 atom stereocenters. The van der Waals surface area contributed by atoms with Gasteiger partial charge in [-0.25, -0.2) is 0 Å². The Morgan fingerprint density at radius 2 is 1.95 bits per heavy atom. The third-order valence-corrected chi connectivity index (χ3v) is 4.53. The number of carbonyl (C=O) groups is 1. The average Bonchev–Trinajstić information content (AvgIpc) is 2.89. The van der Waals surface area contributed by atoms with Crippen LogP contribution in [0.1, 0.15) is 15.9 Å². The second-order valence-electron chi connectivity index (χ2n) is 4.76. The van der Waals surface area contributed by atoms with Gasteiger partial charge >= 0.3 is 0 Å². The molecule has 7 heteroatoms. The van der Waals surface area contributed by atoms with Gasteiger partial charge in [-0.15, -0.1) is 10.2 Å². The van der Waals surface area contributed by atoms with Gasteiger partial charge in [-0.05, 0) is 13.0 Å². The van der Waals surface area contributed by atoms with Gasteiger partial charge in [0.05, 0.1) is 15.8 Å².